The molecule has 0 amide bonds. The van der Waals surface area contributed by atoms with Crippen LogP contribution in [0.4, 0.5) is 5.69 Å². The highest BCUT2D eigenvalue weighted by Gasteiger charge is 2.23. The topological polar surface area (TPSA) is 55.8 Å². The Kier molecular flexibility index (Phi) is 5.11. The van der Waals surface area contributed by atoms with E-state index in [4.69, 9.17) is 8.92 Å². The van der Waals surface area contributed by atoms with Gasteiger partial charge in [0.25, 0.3) is 0 Å². The minimum absolute atomic E-state index is 0.0843. The number of hydrogen-bond acceptors (Lipinski definition) is 5. The lowest BCUT2D eigenvalue weighted by atomic mass is 10.1. The first-order chi connectivity index (χ1) is 12.0. The fourth-order valence-corrected chi connectivity index (χ4v) is 3.39. The predicted molar refractivity (Wildman–Crippen MR) is 99.4 cm³/mol. The molecular formula is C19H21NO4S. The van der Waals surface area contributed by atoms with Gasteiger partial charge in [-0.05, 0) is 29.3 Å². The van der Waals surface area contributed by atoms with Crippen LogP contribution in [-0.2, 0) is 14.9 Å². The Morgan fingerprint density at radius 1 is 1.20 bits per heavy atom. The van der Waals surface area contributed by atoms with E-state index in [1.165, 1.54) is 0 Å². The van der Waals surface area contributed by atoms with E-state index < -0.39 is 10.1 Å². The molecule has 2 aromatic rings. The average molecular weight is 359 g/mol. The van der Waals surface area contributed by atoms with E-state index in [0.717, 1.165) is 36.2 Å². The summed E-state index contributed by atoms with van der Waals surface area (Å²) in [6.07, 6.45) is 2.80. The Balaban J connectivity index is 1.76. The molecule has 0 N–H and O–H groups in total. The third kappa shape index (κ3) is 4.41. The molecule has 2 aromatic carbocycles. The Hall–Kier alpha value is -2.31. The number of para-hydroxylation sites is 1. The summed E-state index contributed by atoms with van der Waals surface area (Å²) >= 11 is 0. The maximum Gasteiger partial charge on any atom is 0.306 e. The average Bonchev–Trinajstić information content (AvgIpc) is 2.61. The van der Waals surface area contributed by atoms with E-state index in [2.05, 4.69) is 17.5 Å². The first-order valence-corrected chi connectivity index (χ1v) is 9.85. The van der Waals surface area contributed by atoms with Crippen molar-refractivity contribution in [3.8, 4) is 5.75 Å². The second kappa shape index (κ2) is 7.29. The maximum absolute atomic E-state index is 11.2. The molecule has 1 aliphatic rings. The van der Waals surface area contributed by atoms with Crippen molar-refractivity contribution < 1.29 is 17.3 Å². The van der Waals surface area contributed by atoms with E-state index in [1.54, 1.807) is 12.1 Å². The smallest absolute Gasteiger partial charge is 0.306 e. The lowest BCUT2D eigenvalue weighted by Crippen LogP contribution is -2.38. The Labute approximate surface area is 148 Å². The molecule has 1 heterocycles. The van der Waals surface area contributed by atoms with Crippen molar-refractivity contribution in [2.75, 3.05) is 30.9 Å². The van der Waals surface area contributed by atoms with Crippen LogP contribution in [0.15, 0.2) is 55.1 Å². The Bertz CT molecular complexity index is 846. The van der Waals surface area contributed by atoms with Gasteiger partial charge in [-0.1, -0.05) is 43.0 Å². The normalized spacial score (nSPS) is 18.0. The van der Waals surface area contributed by atoms with Crippen molar-refractivity contribution in [2.45, 2.75) is 6.10 Å². The van der Waals surface area contributed by atoms with Crippen LogP contribution in [-0.4, -0.2) is 34.4 Å². The number of nitrogens with zero attached hydrogens (tertiary/aromatic N) is 1. The van der Waals surface area contributed by atoms with E-state index in [0.29, 0.717) is 12.4 Å². The van der Waals surface area contributed by atoms with Gasteiger partial charge in [0.15, 0.2) is 0 Å². The van der Waals surface area contributed by atoms with Gasteiger partial charge in [-0.3, -0.25) is 0 Å². The second-order valence-electron chi connectivity index (χ2n) is 5.92. The molecule has 1 aliphatic heterocycles. The van der Waals surface area contributed by atoms with Crippen molar-refractivity contribution in [1.82, 2.24) is 0 Å². The third-order valence-corrected chi connectivity index (χ3v) is 4.56. The molecule has 3 rings (SSSR count). The Morgan fingerprint density at radius 3 is 2.60 bits per heavy atom. The summed E-state index contributed by atoms with van der Waals surface area (Å²) in [6, 6.07) is 15.1. The van der Waals surface area contributed by atoms with Gasteiger partial charge in [-0.15, -0.1) is 0 Å². The van der Waals surface area contributed by atoms with Gasteiger partial charge in [0.1, 0.15) is 11.9 Å². The molecule has 0 aliphatic carbocycles. The summed E-state index contributed by atoms with van der Waals surface area (Å²) in [4.78, 5) is 2.28. The van der Waals surface area contributed by atoms with Gasteiger partial charge in [-0.25, -0.2) is 0 Å². The zero-order valence-corrected chi connectivity index (χ0v) is 14.9. The molecule has 0 saturated carbocycles. The molecule has 0 aromatic heterocycles. The standard InChI is InChI=1S/C19H21NO4S/c1-3-15-6-4-5-7-18(15)20-12-13-23-19(14-20)16-8-10-17(11-9-16)24-25(2,21)22/h3-11,19H,1,12-14H2,2H3/t19-/m0/s1. The van der Waals surface area contributed by atoms with Gasteiger partial charge in [0.2, 0.25) is 0 Å². The Morgan fingerprint density at radius 2 is 1.92 bits per heavy atom. The molecular weight excluding hydrogens is 338 g/mol. The van der Waals surface area contributed by atoms with Crippen molar-refractivity contribution in [1.29, 1.82) is 0 Å². The van der Waals surface area contributed by atoms with Crippen LogP contribution < -0.4 is 9.08 Å². The molecule has 1 atom stereocenters. The fourth-order valence-electron chi connectivity index (χ4n) is 2.93. The summed E-state index contributed by atoms with van der Waals surface area (Å²) in [5.41, 5.74) is 3.23. The number of hydrogen-bond donors (Lipinski definition) is 0. The molecule has 1 fully saturated rings. The van der Waals surface area contributed by atoms with Crippen LogP contribution in [0.2, 0.25) is 0 Å². The summed E-state index contributed by atoms with van der Waals surface area (Å²) < 4.78 is 33.1. The minimum Gasteiger partial charge on any atom is -0.383 e. The SMILES string of the molecule is C=Cc1ccccc1N1CCO[C@H](c2ccc(OS(C)(=O)=O)cc2)C1. The highest BCUT2D eigenvalue weighted by atomic mass is 32.2. The van der Waals surface area contributed by atoms with Gasteiger partial charge >= 0.3 is 10.1 Å². The molecule has 1 saturated heterocycles. The van der Waals surface area contributed by atoms with E-state index in [9.17, 15) is 8.42 Å². The van der Waals surface area contributed by atoms with Crippen molar-refractivity contribution in [3.05, 3.63) is 66.2 Å². The van der Waals surface area contributed by atoms with E-state index in [1.807, 2.05) is 36.4 Å². The largest absolute Gasteiger partial charge is 0.383 e. The fraction of sp³-hybridized carbons (Fsp3) is 0.263. The molecule has 132 valence electrons. The van der Waals surface area contributed by atoms with Gasteiger partial charge < -0.3 is 13.8 Å². The molecule has 0 bridgehead atoms. The maximum atomic E-state index is 11.2. The van der Waals surface area contributed by atoms with Crippen LogP contribution >= 0.6 is 0 Å². The molecule has 5 nitrogen and oxygen atoms in total. The quantitative estimate of drug-likeness (QED) is 0.767. The summed E-state index contributed by atoms with van der Waals surface area (Å²) in [5.74, 6) is 0.302. The van der Waals surface area contributed by atoms with Crippen molar-refractivity contribution >= 4 is 21.9 Å². The van der Waals surface area contributed by atoms with Crippen molar-refractivity contribution in [3.63, 3.8) is 0 Å². The number of rotatable bonds is 5. The molecule has 0 spiro atoms. The van der Waals surface area contributed by atoms with E-state index in [-0.39, 0.29) is 6.10 Å². The first kappa shape index (κ1) is 17.5. The number of benzene rings is 2. The second-order valence-corrected chi connectivity index (χ2v) is 7.50. The van der Waals surface area contributed by atoms with Gasteiger partial charge in [-0.2, -0.15) is 8.42 Å². The van der Waals surface area contributed by atoms with Crippen LogP contribution in [0.25, 0.3) is 6.08 Å². The molecule has 0 unspecified atom stereocenters. The molecule has 0 radical (unpaired) electrons. The molecule has 25 heavy (non-hydrogen) atoms. The first-order valence-electron chi connectivity index (χ1n) is 8.04. The number of morpholine rings is 1. The van der Waals surface area contributed by atoms with Crippen LogP contribution in [0.1, 0.15) is 17.2 Å². The van der Waals surface area contributed by atoms with Crippen molar-refractivity contribution in [2.24, 2.45) is 0 Å². The minimum atomic E-state index is -3.52. The highest BCUT2D eigenvalue weighted by Crippen LogP contribution is 2.29. The van der Waals surface area contributed by atoms with Crippen LogP contribution in [0.3, 0.4) is 0 Å². The zero-order valence-electron chi connectivity index (χ0n) is 14.1. The van der Waals surface area contributed by atoms with Crippen LogP contribution in [0.5, 0.6) is 5.75 Å². The summed E-state index contributed by atoms with van der Waals surface area (Å²) in [7, 11) is -3.52. The third-order valence-electron chi connectivity index (χ3n) is 4.06. The van der Waals surface area contributed by atoms with Crippen LogP contribution in [0, 0.1) is 0 Å². The van der Waals surface area contributed by atoms with Gasteiger partial charge in [0, 0.05) is 18.8 Å². The van der Waals surface area contributed by atoms with E-state index >= 15 is 0 Å². The summed E-state index contributed by atoms with van der Waals surface area (Å²) in [5, 5.41) is 0. The summed E-state index contributed by atoms with van der Waals surface area (Å²) in [6.45, 7) is 6.04. The predicted octanol–water partition coefficient (Wildman–Crippen LogP) is 3.25. The van der Waals surface area contributed by atoms with Gasteiger partial charge in [0.05, 0.1) is 12.9 Å². The lowest BCUT2D eigenvalue weighted by molar-refractivity contribution is 0.0398. The monoisotopic (exact) mass is 359 g/mol. The highest BCUT2D eigenvalue weighted by molar-refractivity contribution is 7.86. The number of ether oxygens (including phenoxy) is 1. The zero-order chi connectivity index (χ0) is 17.9. The molecule has 6 heteroatoms. The number of anilines is 1. The lowest BCUT2D eigenvalue weighted by Gasteiger charge is -2.35.